The number of hydrogen-bond acceptors (Lipinski definition) is 4. The highest BCUT2D eigenvalue weighted by atomic mass is 79.9. The van der Waals surface area contributed by atoms with Crippen LogP contribution in [-0.4, -0.2) is 8.42 Å². The highest BCUT2D eigenvalue weighted by molar-refractivity contribution is 9.10. The van der Waals surface area contributed by atoms with Crippen LogP contribution in [0.15, 0.2) is 67.1 Å². The van der Waals surface area contributed by atoms with Gasteiger partial charge in [-0.1, -0.05) is 17.7 Å². The summed E-state index contributed by atoms with van der Waals surface area (Å²) in [6, 6.07) is 11.8. The molecule has 0 bridgehead atoms. The molecule has 1 heterocycles. The molecule has 0 atom stereocenters. The summed E-state index contributed by atoms with van der Waals surface area (Å²) in [6.45, 7) is 0. The Balaban J connectivity index is 2.03. The standard InChI is InChI=1S/C15H9BrClNO4S/c16-13-8-15(19)22-14-5-4-10(7-12(13)14)18-23(20,21)11-3-1-2-9(17)6-11/h1-8,18H. The number of nitrogens with one attached hydrogen (secondary N) is 1. The maximum absolute atomic E-state index is 12.4. The summed E-state index contributed by atoms with van der Waals surface area (Å²) in [5, 5.41) is 0.909. The predicted octanol–water partition coefficient (Wildman–Crippen LogP) is 4.01. The van der Waals surface area contributed by atoms with E-state index in [1.54, 1.807) is 18.2 Å². The van der Waals surface area contributed by atoms with Gasteiger partial charge in [-0.2, -0.15) is 0 Å². The Bertz CT molecular complexity index is 1060. The minimum absolute atomic E-state index is 0.0590. The zero-order chi connectivity index (χ0) is 16.6. The van der Waals surface area contributed by atoms with Gasteiger partial charge in [-0.3, -0.25) is 4.72 Å². The molecule has 3 aromatic rings. The minimum Gasteiger partial charge on any atom is -0.423 e. The molecule has 0 spiro atoms. The Labute approximate surface area is 145 Å². The van der Waals surface area contributed by atoms with Crippen molar-refractivity contribution in [2.45, 2.75) is 4.90 Å². The summed E-state index contributed by atoms with van der Waals surface area (Å²) < 4.78 is 32.8. The molecule has 0 aliphatic heterocycles. The Morgan fingerprint density at radius 2 is 1.87 bits per heavy atom. The van der Waals surface area contributed by atoms with Crippen LogP contribution in [0.4, 0.5) is 5.69 Å². The van der Waals surface area contributed by atoms with E-state index in [-0.39, 0.29) is 4.90 Å². The second-order valence-electron chi connectivity index (χ2n) is 4.69. The first-order valence-corrected chi connectivity index (χ1v) is 9.02. The van der Waals surface area contributed by atoms with E-state index in [4.69, 9.17) is 16.0 Å². The lowest BCUT2D eigenvalue weighted by Gasteiger charge is -2.09. The van der Waals surface area contributed by atoms with Crippen LogP contribution in [0.5, 0.6) is 0 Å². The Morgan fingerprint density at radius 1 is 1.09 bits per heavy atom. The first kappa shape index (κ1) is 16.0. The summed E-state index contributed by atoms with van der Waals surface area (Å²) in [6.07, 6.45) is 0. The second kappa shape index (κ2) is 5.99. The van der Waals surface area contributed by atoms with E-state index in [9.17, 15) is 13.2 Å². The summed E-state index contributed by atoms with van der Waals surface area (Å²) in [7, 11) is -3.77. The number of halogens is 2. The molecule has 8 heteroatoms. The van der Waals surface area contributed by atoms with Crippen LogP contribution in [0, 0.1) is 0 Å². The molecule has 5 nitrogen and oxygen atoms in total. The van der Waals surface area contributed by atoms with Crippen LogP contribution >= 0.6 is 27.5 Å². The molecule has 0 saturated heterocycles. The van der Waals surface area contributed by atoms with Gasteiger partial charge in [0.1, 0.15) is 5.58 Å². The van der Waals surface area contributed by atoms with Gasteiger partial charge in [0, 0.05) is 26.6 Å². The van der Waals surface area contributed by atoms with Gasteiger partial charge in [0.05, 0.1) is 4.90 Å². The normalized spacial score (nSPS) is 11.6. The average Bonchev–Trinajstić information content (AvgIpc) is 2.47. The largest absolute Gasteiger partial charge is 0.423 e. The fraction of sp³-hybridized carbons (Fsp3) is 0. The fourth-order valence-electron chi connectivity index (χ4n) is 2.04. The number of hydrogen-bond donors (Lipinski definition) is 1. The third kappa shape index (κ3) is 3.41. The summed E-state index contributed by atoms with van der Waals surface area (Å²) in [4.78, 5) is 11.4. The quantitative estimate of drug-likeness (QED) is 0.657. The Kier molecular flexibility index (Phi) is 4.18. The molecule has 0 amide bonds. The third-order valence-electron chi connectivity index (χ3n) is 3.05. The summed E-state index contributed by atoms with van der Waals surface area (Å²) >= 11 is 9.09. The van der Waals surface area contributed by atoms with Crippen LogP contribution in [0.2, 0.25) is 5.02 Å². The molecular weight excluding hydrogens is 406 g/mol. The zero-order valence-corrected chi connectivity index (χ0v) is 14.6. The predicted molar refractivity (Wildman–Crippen MR) is 92.4 cm³/mol. The maximum Gasteiger partial charge on any atom is 0.337 e. The summed E-state index contributed by atoms with van der Waals surface area (Å²) in [5.74, 6) is 0. The van der Waals surface area contributed by atoms with Gasteiger partial charge >= 0.3 is 5.63 Å². The van der Waals surface area contributed by atoms with Crippen LogP contribution < -0.4 is 10.3 Å². The van der Waals surface area contributed by atoms with Gasteiger partial charge in [0.2, 0.25) is 0 Å². The number of anilines is 1. The third-order valence-corrected chi connectivity index (χ3v) is 5.32. The van der Waals surface area contributed by atoms with Gasteiger partial charge in [-0.05, 0) is 52.3 Å². The topological polar surface area (TPSA) is 76.4 Å². The lowest BCUT2D eigenvalue weighted by molar-refractivity contribution is 0.560. The number of rotatable bonds is 3. The minimum atomic E-state index is -3.77. The number of fused-ring (bicyclic) bond motifs is 1. The van der Waals surface area contributed by atoms with E-state index in [1.807, 2.05) is 0 Å². The second-order valence-corrected chi connectivity index (χ2v) is 7.66. The molecule has 0 aliphatic rings. The molecule has 0 saturated carbocycles. The number of benzene rings is 2. The maximum atomic E-state index is 12.4. The molecule has 0 unspecified atom stereocenters. The van der Waals surface area contributed by atoms with E-state index in [2.05, 4.69) is 20.7 Å². The molecule has 3 rings (SSSR count). The van der Waals surface area contributed by atoms with Gasteiger partial charge in [-0.25, -0.2) is 13.2 Å². The van der Waals surface area contributed by atoms with Crippen LogP contribution in [-0.2, 0) is 10.0 Å². The molecule has 23 heavy (non-hydrogen) atoms. The average molecular weight is 415 g/mol. The molecule has 1 aromatic heterocycles. The van der Waals surface area contributed by atoms with Crippen molar-refractivity contribution >= 4 is 54.2 Å². The molecule has 2 aromatic carbocycles. The molecule has 0 fully saturated rings. The van der Waals surface area contributed by atoms with Gasteiger partial charge < -0.3 is 4.42 Å². The summed E-state index contributed by atoms with van der Waals surface area (Å²) in [5.41, 5.74) is 0.207. The highest BCUT2D eigenvalue weighted by Crippen LogP contribution is 2.26. The highest BCUT2D eigenvalue weighted by Gasteiger charge is 2.15. The zero-order valence-electron chi connectivity index (χ0n) is 11.4. The molecule has 118 valence electrons. The molecular formula is C15H9BrClNO4S. The van der Waals surface area contributed by atoms with Crippen molar-refractivity contribution in [1.29, 1.82) is 0 Å². The smallest absolute Gasteiger partial charge is 0.337 e. The van der Waals surface area contributed by atoms with Crippen molar-refractivity contribution < 1.29 is 12.8 Å². The first-order chi connectivity index (χ1) is 10.8. The van der Waals surface area contributed by atoms with Gasteiger partial charge in [-0.15, -0.1) is 0 Å². The van der Waals surface area contributed by atoms with E-state index >= 15 is 0 Å². The first-order valence-electron chi connectivity index (χ1n) is 6.37. The van der Waals surface area contributed by atoms with E-state index in [0.717, 1.165) is 0 Å². The fourth-order valence-corrected chi connectivity index (χ4v) is 3.88. The lowest BCUT2D eigenvalue weighted by Crippen LogP contribution is -2.12. The van der Waals surface area contributed by atoms with Crippen molar-refractivity contribution in [3.8, 4) is 0 Å². The van der Waals surface area contributed by atoms with Crippen molar-refractivity contribution in [1.82, 2.24) is 0 Å². The lowest BCUT2D eigenvalue weighted by atomic mass is 10.2. The van der Waals surface area contributed by atoms with Gasteiger partial charge in [0.25, 0.3) is 10.0 Å². The van der Waals surface area contributed by atoms with E-state index in [1.165, 1.54) is 30.3 Å². The molecule has 1 N–H and O–H groups in total. The molecule has 0 radical (unpaired) electrons. The van der Waals surface area contributed by atoms with Crippen molar-refractivity contribution in [2.75, 3.05) is 4.72 Å². The van der Waals surface area contributed by atoms with Crippen LogP contribution in [0.1, 0.15) is 0 Å². The van der Waals surface area contributed by atoms with Crippen molar-refractivity contribution in [2.24, 2.45) is 0 Å². The molecule has 0 aliphatic carbocycles. The Morgan fingerprint density at radius 3 is 2.61 bits per heavy atom. The van der Waals surface area contributed by atoms with Crippen LogP contribution in [0.25, 0.3) is 11.0 Å². The van der Waals surface area contributed by atoms with Crippen molar-refractivity contribution in [3.63, 3.8) is 0 Å². The Hall–Kier alpha value is -1.83. The van der Waals surface area contributed by atoms with Crippen molar-refractivity contribution in [3.05, 3.63) is 68.4 Å². The number of sulfonamides is 1. The van der Waals surface area contributed by atoms with E-state index < -0.39 is 15.6 Å². The SMILES string of the molecule is O=c1cc(Br)c2cc(NS(=O)(=O)c3cccc(Cl)c3)ccc2o1. The van der Waals surface area contributed by atoms with Crippen LogP contribution in [0.3, 0.4) is 0 Å². The monoisotopic (exact) mass is 413 g/mol. The van der Waals surface area contributed by atoms with E-state index in [0.29, 0.717) is 26.2 Å². The van der Waals surface area contributed by atoms with Gasteiger partial charge in [0.15, 0.2) is 0 Å².